The minimum absolute atomic E-state index is 0.353. The number of ether oxygens (including phenoxy) is 2. The quantitative estimate of drug-likeness (QED) is 0.455. The number of nitrogens with zero attached hydrogens (tertiary/aromatic N) is 3. The van der Waals surface area contributed by atoms with Crippen LogP contribution in [0.15, 0.2) is 53.7 Å². The number of halogens is 3. The Morgan fingerprint density at radius 3 is 2.52 bits per heavy atom. The number of amides is 1. The van der Waals surface area contributed by atoms with Gasteiger partial charge in [-0.25, -0.2) is 0 Å². The number of hydrogen-bond acceptors (Lipinski definition) is 6. The number of hydrogen-bond donors (Lipinski definition) is 1. The molecule has 3 rings (SSSR count). The zero-order chi connectivity index (χ0) is 24.0. The van der Waals surface area contributed by atoms with Crippen molar-refractivity contribution >= 4 is 17.7 Å². The zero-order valence-electron chi connectivity index (χ0n) is 18.2. The number of carbonyl (C=O) groups is 1. The maximum atomic E-state index is 12.5. The van der Waals surface area contributed by atoms with E-state index in [-0.39, 0.29) is 0 Å². The van der Waals surface area contributed by atoms with Crippen molar-refractivity contribution in [2.75, 3.05) is 20.3 Å². The molecule has 7 nitrogen and oxygen atoms in total. The minimum atomic E-state index is -4.48. The van der Waals surface area contributed by atoms with Gasteiger partial charge in [-0.1, -0.05) is 23.9 Å². The molecule has 33 heavy (non-hydrogen) atoms. The smallest absolute Gasteiger partial charge is 0.405 e. The third kappa shape index (κ3) is 6.41. The summed E-state index contributed by atoms with van der Waals surface area (Å²) in [6.07, 6.45) is -4.48. The first kappa shape index (κ1) is 24.4. The van der Waals surface area contributed by atoms with Gasteiger partial charge in [0.1, 0.15) is 18.0 Å². The summed E-state index contributed by atoms with van der Waals surface area (Å²) in [5.74, 6) is 1.05. The van der Waals surface area contributed by atoms with Gasteiger partial charge in [-0.15, -0.1) is 10.2 Å². The molecule has 0 spiro atoms. The summed E-state index contributed by atoms with van der Waals surface area (Å²) in [5.41, 5.74) is 1.42. The molecule has 1 unspecified atom stereocenters. The van der Waals surface area contributed by atoms with Crippen molar-refractivity contribution in [2.45, 2.75) is 30.4 Å². The lowest BCUT2D eigenvalue weighted by Crippen LogP contribution is -2.38. The van der Waals surface area contributed by atoms with Gasteiger partial charge in [0.2, 0.25) is 5.91 Å². The normalized spacial score (nSPS) is 12.3. The highest BCUT2D eigenvalue weighted by Gasteiger charge is 2.29. The first-order valence-corrected chi connectivity index (χ1v) is 10.9. The van der Waals surface area contributed by atoms with Crippen molar-refractivity contribution in [2.24, 2.45) is 0 Å². The minimum Gasteiger partial charge on any atom is -0.497 e. The molecule has 2 aromatic carbocycles. The lowest BCUT2D eigenvalue weighted by atomic mass is 10.2. The Labute approximate surface area is 193 Å². The second-order valence-electron chi connectivity index (χ2n) is 6.89. The Morgan fingerprint density at radius 2 is 1.88 bits per heavy atom. The highest BCUT2D eigenvalue weighted by atomic mass is 32.2. The number of thioether (sulfide) groups is 1. The summed E-state index contributed by atoms with van der Waals surface area (Å²) in [5, 5.41) is 9.92. The number of methoxy groups -OCH3 is 1. The van der Waals surface area contributed by atoms with Crippen molar-refractivity contribution < 1.29 is 27.4 Å². The Balaban J connectivity index is 1.96. The number of nitrogens with one attached hydrogen (secondary N) is 1. The van der Waals surface area contributed by atoms with Gasteiger partial charge in [-0.05, 0) is 50.2 Å². The molecule has 0 aliphatic heterocycles. The number of alkyl halides is 3. The van der Waals surface area contributed by atoms with E-state index in [1.54, 1.807) is 35.9 Å². The summed E-state index contributed by atoms with van der Waals surface area (Å²) in [6, 6.07) is 14.5. The van der Waals surface area contributed by atoms with Crippen molar-refractivity contribution in [3.63, 3.8) is 0 Å². The van der Waals surface area contributed by atoms with Crippen molar-refractivity contribution in [1.29, 1.82) is 0 Å². The van der Waals surface area contributed by atoms with E-state index in [4.69, 9.17) is 9.47 Å². The van der Waals surface area contributed by atoms with Crippen molar-refractivity contribution in [3.05, 3.63) is 48.5 Å². The van der Waals surface area contributed by atoms with Crippen LogP contribution in [0.4, 0.5) is 13.2 Å². The van der Waals surface area contributed by atoms with Crippen LogP contribution in [0.3, 0.4) is 0 Å². The topological polar surface area (TPSA) is 78.3 Å². The van der Waals surface area contributed by atoms with Crippen LogP contribution in [0.25, 0.3) is 17.1 Å². The van der Waals surface area contributed by atoms with Crippen LogP contribution in [-0.2, 0) is 4.79 Å². The van der Waals surface area contributed by atoms with Gasteiger partial charge >= 0.3 is 6.18 Å². The van der Waals surface area contributed by atoms with E-state index in [9.17, 15) is 18.0 Å². The van der Waals surface area contributed by atoms with Gasteiger partial charge in [-0.3, -0.25) is 9.36 Å². The Bertz CT molecular complexity index is 1090. The fraction of sp³-hybridized carbons (Fsp3) is 0.318. The largest absolute Gasteiger partial charge is 0.497 e. The fourth-order valence-electron chi connectivity index (χ4n) is 2.93. The predicted octanol–water partition coefficient (Wildman–Crippen LogP) is 4.50. The van der Waals surface area contributed by atoms with Crippen LogP contribution >= 0.6 is 11.8 Å². The van der Waals surface area contributed by atoms with E-state index < -0.39 is 23.9 Å². The molecule has 1 atom stereocenters. The van der Waals surface area contributed by atoms with Gasteiger partial charge in [0.25, 0.3) is 0 Å². The second kappa shape index (κ2) is 10.6. The third-order valence-corrected chi connectivity index (χ3v) is 5.52. The van der Waals surface area contributed by atoms with Crippen LogP contribution in [0.1, 0.15) is 13.8 Å². The molecular formula is C22H23F3N4O3S. The molecule has 0 fully saturated rings. The van der Waals surface area contributed by atoms with Gasteiger partial charge in [0, 0.05) is 11.3 Å². The van der Waals surface area contributed by atoms with E-state index in [1.807, 2.05) is 36.5 Å². The van der Waals surface area contributed by atoms with Crippen molar-refractivity contribution in [3.8, 4) is 28.6 Å². The predicted molar refractivity (Wildman–Crippen MR) is 119 cm³/mol. The molecule has 0 bridgehead atoms. The Hall–Kier alpha value is -3.21. The molecule has 1 heterocycles. The molecule has 0 aliphatic rings. The molecule has 0 saturated heterocycles. The molecule has 1 N–H and O–H groups in total. The first-order chi connectivity index (χ1) is 15.7. The van der Waals surface area contributed by atoms with E-state index in [1.165, 1.54) is 6.92 Å². The fourth-order valence-corrected chi connectivity index (χ4v) is 3.82. The van der Waals surface area contributed by atoms with Gasteiger partial charge < -0.3 is 14.8 Å². The molecule has 0 aliphatic carbocycles. The van der Waals surface area contributed by atoms with E-state index in [0.717, 1.165) is 17.3 Å². The van der Waals surface area contributed by atoms with Gasteiger partial charge in [-0.2, -0.15) is 13.2 Å². The average Bonchev–Trinajstić information content (AvgIpc) is 3.21. The molecule has 0 radical (unpaired) electrons. The molecule has 3 aromatic rings. The molecule has 1 amide bonds. The van der Waals surface area contributed by atoms with Crippen LogP contribution < -0.4 is 14.8 Å². The Morgan fingerprint density at radius 1 is 1.15 bits per heavy atom. The van der Waals surface area contributed by atoms with Crippen LogP contribution in [0, 0.1) is 0 Å². The van der Waals surface area contributed by atoms with Crippen molar-refractivity contribution in [1.82, 2.24) is 20.1 Å². The molecule has 1 aromatic heterocycles. The first-order valence-electron chi connectivity index (χ1n) is 10.1. The van der Waals surface area contributed by atoms with Crippen LogP contribution in [-0.4, -0.2) is 52.4 Å². The lowest BCUT2D eigenvalue weighted by molar-refractivity contribution is -0.137. The summed E-state index contributed by atoms with van der Waals surface area (Å²) < 4.78 is 49.9. The monoisotopic (exact) mass is 480 g/mol. The van der Waals surface area contributed by atoms with Crippen LogP contribution in [0.5, 0.6) is 11.5 Å². The zero-order valence-corrected chi connectivity index (χ0v) is 19.0. The highest BCUT2D eigenvalue weighted by Crippen LogP contribution is 2.32. The molecule has 11 heteroatoms. The van der Waals surface area contributed by atoms with E-state index >= 15 is 0 Å². The SMILES string of the molecule is CCOc1ccc(-n2c(SC(C)C(=O)NCC(F)(F)F)nnc2-c2cccc(OC)c2)cc1. The summed E-state index contributed by atoms with van der Waals surface area (Å²) in [4.78, 5) is 12.2. The number of aromatic nitrogens is 3. The molecule has 0 saturated carbocycles. The maximum absolute atomic E-state index is 12.5. The Kier molecular flexibility index (Phi) is 7.85. The molecular weight excluding hydrogens is 457 g/mol. The van der Waals surface area contributed by atoms with E-state index in [0.29, 0.717) is 34.8 Å². The average molecular weight is 481 g/mol. The highest BCUT2D eigenvalue weighted by molar-refractivity contribution is 8.00. The van der Waals surface area contributed by atoms with Gasteiger partial charge in [0.15, 0.2) is 11.0 Å². The summed E-state index contributed by atoms with van der Waals surface area (Å²) >= 11 is 1.01. The number of carbonyl (C=O) groups excluding carboxylic acids is 1. The third-order valence-electron chi connectivity index (χ3n) is 4.48. The summed E-state index contributed by atoms with van der Waals surface area (Å²) in [7, 11) is 1.55. The lowest BCUT2D eigenvalue weighted by Gasteiger charge is -2.15. The van der Waals surface area contributed by atoms with Gasteiger partial charge in [0.05, 0.1) is 19.0 Å². The number of benzene rings is 2. The number of rotatable bonds is 9. The summed E-state index contributed by atoms with van der Waals surface area (Å²) in [6.45, 7) is 2.53. The van der Waals surface area contributed by atoms with Crippen LogP contribution in [0.2, 0.25) is 0 Å². The maximum Gasteiger partial charge on any atom is 0.405 e. The van der Waals surface area contributed by atoms with E-state index in [2.05, 4.69) is 10.2 Å². The second-order valence-corrected chi connectivity index (χ2v) is 8.20. The molecule has 176 valence electrons. The standard InChI is InChI=1S/C22H23F3N4O3S/c1-4-32-17-10-8-16(9-11-17)29-19(15-6-5-7-18(12-15)31-3)27-28-21(29)33-14(2)20(30)26-13-22(23,24)25/h5-12,14H,4,13H2,1-3H3,(H,26,30).